The fraction of sp³-hybridized carbons (Fsp3) is 0.0345. The molecular formula is C29H26O6S2. The van der Waals surface area contributed by atoms with E-state index in [1.807, 2.05) is 66.7 Å². The van der Waals surface area contributed by atoms with Gasteiger partial charge >= 0.3 is 0 Å². The number of hydrogen-bond acceptors (Lipinski definition) is 5. The van der Waals surface area contributed by atoms with E-state index < -0.39 is 21.0 Å². The van der Waals surface area contributed by atoms with Crippen LogP contribution in [0.2, 0.25) is 0 Å². The Bertz CT molecular complexity index is 1540. The number of hydrogen-bond donors (Lipinski definition) is 3. The van der Waals surface area contributed by atoms with Gasteiger partial charge in [-0.05, 0) is 45.5 Å². The van der Waals surface area contributed by atoms with E-state index in [0.29, 0.717) is 16.0 Å². The Balaban J connectivity index is 1.48. The van der Waals surface area contributed by atoms with Crippen LogP contribution in [0.4, 0.5) is 0 Å². The van der Waals surface area contributed by atoms with Crippen molar-refractivity contribution in [2.45, 2.75) is 9.79 Å². The molecule has 0 saturated heterocycles. The molecule has 4 rings (SSSR count). The lowest BCUT2D eigenvalue weighted by atomic mass is 10.0. The van der Waals surface area contributed by atoms with Crippen LogP contribution in [-0.2, 0) is 14.3 Å². The average molecular weight is 535 g/mol. The summed E-state index contributed by atoms with van der Waals surface area (Å²) in [6, 6.07) is 29.0. The van der Waals surface area contributed by atoms with E-state index in [0.717, 1.165) is 22.3 Å². The predicted octanol–water partition coefficient (Wildman–Crippen LogP) is 7.61. The van der Waals surface area contributed by atoms with Crippen molar-refractivity contribution in [2.24, 2.45) is 0 Å². The predicted molar refractivity (Wildman–Crippen MR) is 151 cm³/mol. The molecule has 0 aliphatic carbocycles. The summed E-state index contributed by atoms with van der Waals surface area (Å²) in [5, 5.41) is 0. The zero-order valence-electron chi connectivity index (χ0n) is 19.9. The van der Waals surface area contributed by atoms with E-state index in [-0.39, 0.29) is 4.90 Å². The lowest BCUT2D eigenvalue weighted by molar-refractivity contribution is 0.318. The van der Waals surface area contributed by atoms with Crippen molar-refractivity contribution < 1.29 is 26.3 Å². The van der Waals surface area contributed by atoms with Gasteiger partial charge in [-0.2, -0.15) is 8.42 Å². The third-order valence-corrected chi connectivity index (χ3v) is 8.04. The maximum absolute atomic E-state index is 11.6. The van der Waals surface area contributed by atoms with Crippen molar-refractivity contribution in [1.82, 2.24) is 0 Å². The van der Waals surface area contributed by atoms with E-state index in [2.05, 4.69) is 0 Å². The quantitative estimate of drug-likeness (QED) is 0.159. The number of benzene rings is 4. The molecule has 0 amide bonds. The normalized spacial score (nSPS) is 12.9. The van der Waals surface area contributed by atoms with Crippen LogP contribution in [0.5, 0.6) is 0 Å². The third-order valence-electron chi connectivity index (χ3n) is 5.70. The second-order valence-electron chi connectivity index (χ2n) is 8.12. The van der Waals surface area contributed by atoms with Crippen LogP contribution in [0.25, 0.3) is 35.4 Å². The van der Waals surface area contributed by atoms with Crippen molar-refractivity contribution >= 4 is 45.3 Å². The summed E-state index contributed by atoms with van der Waals surface area (Å²) in [5.41, 5.74) is 4.95. The number of rotatable bonds is 8. The molecule has 4 aromatic carbocycles. The van der Waals surface area contributed by atoms with Crippen molar-refractivity contribution in [1.29, 1.82) is 0 Å². The van der Waals surface area contributed by atoms with Crippen molar-refractivity contribution in [2.75, 3.05) is 7.11 Å². The molecular weight excluding hydrogens is 508 g/mol. The minimum Gasteiger partial charge on any atom is -0.304 e. The van der Waals surface area contributed by atoms with Gasteiger partial charge in [0, 0.05) is 0 Å². The second kappa shape index (κ2) is 11.3. The molecule has 0 unspecified atom stereocenters. The first kappa shape index (κ1) is 26.6. The van der Waals surface area contributed by atoms with Gasteiger partial charge in [-0.15, -0.1) is 0 Å². The molecule has 0 atom stereocenters. The Labute approximate surface area is 218 Å². The maximum atomic E-state index is 11.6. The van der Waals surface area contributed by atoms with Crippen molar-refractivity contribution in [3.8, 4) is 11.1 Å². The molecule has 0 aromatic heterocycles. The topological polar surface area (TPSA) is 104 Å². The molecule has 190 valence electrons. The van der Waals surface area contributed by atoms with E-state index in [1.165, 1.54) is 13.2 Å². The molecule has 4 aromatic rings. The summed E-state index contributed by atoms with van der Waals surface area (Å²) in [4.78, 5) is 0.202. The zero-order chi connectivity index (χ0) is 26.5. The minimum atomic E-state index is -4.30. The highest BCUT2D eigenvalue weighted by atomic mass is 32.3. The molecule has 3 N–H and O–H groups in total. The van der Waals surface area contributed by atoms with Gasteiger partial charge in [0.25, 0.3) is 10.1 Å². The average Bonchev–Trinajstić information content (AvgIpc) is 2.91. The smallest absolute Gasteiger partial charge is 0.295 e. The fourth-order valence-electron chi connectivity index (χ4n) is 3.75. The lowest BCUT2D eigenvalue weighted by Crippen LogP contribution is -2.01. The monoisotopic (exact) mass is 534 g/mol. The minimum absolute atomic E-state index is 0.132. The third kappa shape index (κ3) is 6.64. The van der Waals surface area contributed by atoms with Gasteiger partial charge in [-0.3, -0.25) is 8.74 Å². The molecule has 0 heterocycles. The van der Waals surface area contributed by atoms with Crippen LogP contribution >= 0.6 is 10.9 Å². The SMILES string of the molecule is COS(O)(O)c1ccccc1/C=C/c1ccc(-c2ccc(/C=C/c3ccccc3S(=O)(=O)O)cc2)cc1. The summed E-state index contributed by atoms with van der Waals surface area (Å²) < 4.78 is 57.7. The van der Waals surface area contributed by atoms with Crippen LogP contribution in [0.15, 0.2) is 107 Å². The Morgan fingerprint density at radius 3 is 1.41 bits per heavy atom. The molecule has 0 saturated carbocycles. The highest BCUT2D eigenvalue weighted by Gasteiger charge is 2.21. The van der Waals surface area contributed by atoms with Crippen molar-refractivity contribution in [3.63, 3.8) is 0 Å². The summed E-state index contributed by atoms with van der Waals surface area (Å²) in [7, 11) is -6.34. The van der Waals surface area contributed by atoms with Crippen LogP contribution in [-0.4, -0.2) is 29.2 Å². The highest BCUT2D eigenvalue weighted by Crippen LogP contribution is 2.50. The Morgan fingerprint density at radius 2 is 0.973 bits per heavy atom. The Hall–Kier alpha value is -3.50. The molecule has 6 nitrogen and oxygen atoms in total. The van der Waals surface area contributed by atoms with Crippen LogP contribution in [0, 0.1) is 0 Å². The molecule has 0 bridgehead atoms. The molecule has 8 heteroatoms. The Morgan fingerprint density at radius 1 is 0.568 bits per heavy atom. The molecule has 0 fully saturated rings. The largest absolute Gasteiger partial charge is 0.304 e. The first-order chi connectivity index (χ1) is 17.7. The van der Waals surface area contributed by atoms with Gasteiger partial charge in [0.2, 0.25) is 0 Å². The first-order valence-electron chi connectivity index (χ1n) is 11.2. The van der Waals surface area contributed by atoms with Gasteiger partial charge in [0.05, 0.1) is 12.0 Å². The highest BCUT2D eigenvalue weighted by molar-refractivity contribution is 8.20. The molecule has 0 spiro atoms. The van der Waals surface area contributed by atoms with Crippen LogP contribution in [0.1, 0.15) is 22.3 Å². The zero-order valence-corrected chi connectivity index (χ0v) is 21.6. The Kier molecular flexibility index (Phi) is 8.09. The van der Waals surface area contributed by atoms with Gasteiger partial charge in [0.15, 0.2) is 0 Å². The van der Waals surface area contributed by atoms with Gasteiger partial charge in [0.1, 0.15) is 15.8 Å². The van der Waals surface area contributed by atoms with E-state index >= 15 is 0 Å². The summed E-state index contributed by atoms with van der Waals surface area (Å²) >= 11 is 0. The van der Waals surface area contributed by atoms with E-state index in [9.17, 15) is 22.1 Å². The van der Waals surface area contributed by atoms with Gasteiger partial charge in [-0.1, -0.05) is 109 Å². The molecule has 0 aliphatic rings. The maximum Gasteiger partial charge on any atom is 0.295 e. The van der Waals surface area contributed by atoms with Crippen LogP contribution < -0.4 is 0 Å². The van der Waals surface area contributed by atoms with E-state index in [1.54, 1.807) is 48.6 Å². The lowest BCUT2D eigenvalue weighted by Gasteiger charge is -2.25. The summed E-state index contributed by atoms with van der Waals surface area (Å²) in [6.07, 6.45) is 7.16. The summed E-state index contributed by atoms with van der Waals surface area (Å²) in [5.74, 6) is 0. The van der Waals surface area contributed by atoms with Gasteiger partial charge in [-0.25, -0.2) is 0 Å². The molecule has 0 aliphatic heterocycles. The van der Waals surface area contributed by atoms with Gasteiger partial charge < -0.3 is 9.11 Å². The van der Waals surface area contributed by atoms with E-state index in [4.69, 9.17) is 4.18 Å². The molecule has 37 heavy (non-hydrogen) atoms. The van der Waals surface area contributed by atoms with Crippen molar-refractivity contribution in [3.05, 3.63) is 119 Å². The molecule has 0 radical (unpaired) electrons. The van der Waals surface area contributed by atoms with Crippen LogP contribution in [0.3, 0.4) is 0 Å². The first-order valence-corrected chi connectivity index (χ1v) is 14.1. The fourth-order valence-corrected chi connectivity index (χ4v) is 5.31. The second-order valence-corrected chi connectivity index (χ2v) is 11.3. The summed E-state index contributed by atoms with van der Waals surface area (Å²) in [6.45, 7) is 0. The standard InChI is InChI=1S/C29H26O6S2/c1-35-37(33,34)29-9-5-3-7-27(29)21-15-23-12-18-25(19-13-23)24-16-10-22(11-17-24)14-20-26-6-2-4-8-28(26)36(30,31)32/h2-21,33-34H,1H3,(H,30,31,32)/b20-14+,21-15+.